The molecule has 3 aromatic heterocycles. The topological polar surface area (TPSA) is 95.1 Å². The lowest BCUT2D eigenvalue weighted by Gasteiger charge is -2.41. The second-order valence-electron chi connectivity index (χ2n) is 9.41. The summed E-state index contributed by atoms with van der Waals surface area (Å²) in [4.78, 5) is 19.3. The van der Waals surface area contributed by atoms with E-state index in [1.165, 1.54) is 6.26 Å². The Labute approximate surface area is 188 Å². The van der Waals surface area contributed by atoms with E-state index in [0.717, 1.165) is 45.7 Å². The lowest BCUT2D eigenvalue weighted by atomic mass is 9.86. The third-order valence-electron chi connectivity index (χ3n) is 6.64. The molecule has 0 bridgehead atoms. The second kappa shape index (κ2) is 7.38. The maximum absolute atomic E-state index is 12.3. The summed E-state index contributed by atoms with van der Waals surface area (Å²) in [5.41, 5.74) is 5.73. The minimum atomic E-state index is -3.28. The zero-order chi connectivity index (χ0) is 22.7. The molecule has 1 N–H and O–H groups in total. The molecule has 9 heteroatoms. The minimum Gasteiger partial charge on any atom is -0.363 e. The summed E-state index contributed by atoms with van der Waals surface area (Å²) in [5, 5.41) is 1.10. The van der Waals surface area contributed by atoms with Crippen molar-refractivity contribution in [2.24, 2.45) is 0 Å². The zero-order valence-electron chi connectivity index (χ0n) is 18.8. The van der Waals surface area contributed by atoms with Crippen molar-refractivity contribution in [1.29, 1.82) is 0 Å². The number of sulfonamides is 1. The van der Waals surface area contributed by atoms with Crippen LogP contribution in [0.15, 0.2) is 36.9 Å². The van der Waals surface area contributed by atoms with Crippen molar-refractivity contribution in [2.45, 2.75) is 51.7 Å². The highest BCUT2D eigenvalue weighted by Crippen LogP contribution is 2.38. The van der Waals surface area contributed by atoms with Gasteiger partial charge in [-0.25, -0.2) is 23.4 Å². The first-order chi connectivity index (χ1) is 15.1. The van der Waals surface area contributed by atoms with Gasteiger partial charge in [-0.05, 0) is 44.9 Å². The quantitative estimate of drug-likeness (QED) is 0.656. The Hall–Kier alpha value is -2.78. The van der Waals surface area contributed by atoms with Crippen LogP contribution >= 0.6 is 0 Å². The molecule has 0 radical (unpaired) electrons. The van der Waals surface area contributed by atoms with Crippen LogP contribution in [0.4, 0.5) is 5.69 Å². The summed E-state index contributed by atoms with van der Waals surface area (Å²) in [7, 11) is -3.28. The van der Waals surface area contributed by atoms with Gasteiger partial charge in [-0.1, -0.05) is 6.08 Å². The van der Waals surface area contributed by atoms with Gasteiger partial charge in [0.2, 0.25) is 10.0 Å². The normalized spacial score (nSPS) is 21.4. The average Bonchev–Trinajstić information content (AvgIpc) is 3.20. The molecule has 0 saturated carbocycles. The van der Waals surface area contributed by atoms with E-state index in [1.54, 1.807) is 10.6 Å². The number of anilines is 1. The molecule has 1 atom stereocenters. The van der Waals surface area contributed by atoms with Crippen LogP contribution in [0.25, 0.3) is 16.6 Å². The Morgan fingerprint density at radius 1 is 1.19 bits per heavy atom. The van der Waals surface area contributed by atoms with Crippen LogP contribution in [0.3, 0.4) is 0 Å². The van der Waals surface area contributed by atoms with Crippen molar-refractivity contribution in [3.8, 4) is 0 Å². The summed E-state index contributed by atoms with van der Waals surface area (Å²) in [6.07, 6.45) is 10.1. The molecular weight excluding hydrogens is 424 g/mol. The van der Waals surface area contributed by atoms with Gasteiger partial charge >= 0.3 is 0 Å². The third kappa shape index (κ3) is 3.49. The molecule has 8 nitrogen and oxygen atoms in total. The molecule has 5 rings (SSSR count). The van der Waals surface area contributed by atoms with Gasteiger partial charge in [0, 0.05) is 60.1 Å². The van der Waals surface area contributed by atoms with Crippen LogP contribution < -0.4 is 4.90 Å². The molecule has 1 unspecified atom stereocenters. The zero-order valence-corrected chi connectivity index (χ0v) is 19.6. The van der Waals surface area contributed by atoms with Crippen molar-refractivity contribution < 1.29 is 8.42 Å². The minimum absolute atomic E-state index is 0.281. The Morgan fingerprint density at radius 3 is 2.75 bits per heavy atom. The van der Waals surface area contributed by atoms with Crippen LogP contribution in [0, 0.1) is 0 Å². The molecule has 5 heterocycles. The van der Waals surface area contributed by atoms with Gasteiger partial charge in [0.25, 0.3) is 0 Å². The van der Waals surface area contributed by atoms with E-state index in [0.29, 0.717) is 19.5 Å². The number of fused-ring (bicyclic) bond motifs is 2. The van der Waals surface area contributed by atoms with Gasteiger partial charge in [0.05, 0.1) is 17.6 Å². The number of aromatic nitrogens is 4. The van der Waals surface area contributed by atoms with Crippen molar-refractivity contribution in [3.05, 3.63) is 53.9 Å². The van der Waals surface area contributed by atoms with E-state index in [4.69, 9.17) is 0 Å². The molecular formula is C23H28N6O2S. The first-order valence-corrected chi connectivity index (χ1v) is 12.7. The average molecular weight is 453 g/mol. The SMILES string of the molecule is CC1Cc2ncnc(C3=CCN(S(C)(=O)=O)C(C)(C)C3)c2CN1c1ccnc2[nH]ccc12. The van der Waals surface area contributed by atoms with E-state index in [9.17, 15) is 8.42 Å². The first kappa shape index (κ1) is 21.1. The number of nitrogens with zero attached hydrogens (tertiary/aromatic N) is 5. The number of hydrogen-bond donors (Lipinski definition) is 1. The fraction of sp³-hybridized carbons (Fsp3) is 0.435. The highest BCUT2D eigenvalue weighted by molar-refractivity contribution is 7.88. The molecule has 32 heavy (non-hydrogen) atoms. The fourth-order valence-electron chi connectivity index (χ4n) is 5.13. The summed E-state index contributed by atoms with van der Waals surface area (Å²) < 4.78 is 26.1. The van der Waals surface area contributed by atoms with Crippen molar-refractivity contribution in [1.82, 2.24) is 24.2 Å². The Balaban J connectivity index is 1.55. The Kier molecular flexibility index (Phi) is 4.86. The van der Waals surface area contributed by atoms with Crippen molar-refractivity contribution >= 4 is 32.3 Å². The highest BCUT2D eigenvalue weighted by atomic mass is 32.2. The van der Waals surface area contributed by atoms with E-state index < -0.39 is 15.6 Å². The van der Waals surface area contributed by atoms with Crippen LogP contribution in [-0.2, 0) is 23.0 Å². The maximum Gasteiger partial charge on any atom is 0.211 e. The molecule has 0 aliphatic carbocycles. The third-order valence-corrected chi connectivity index (χ3v) is 8.08. The van der Waals surface area contributed by atoms with Gasteiger partial charge in [-0.15, -0.1) is 0 Å². The summed E-state index contributed by atoms with van der Waals surface area (Å²) in [6, 6.07) is 4.41. The van der Waals surface area contributed by atoms with Crippen molar-refractivity contribution in [3.63, 3.8) is 0 Å². The van der Waals surface area contributed by atoms with Crippen LogP contribution in [0.1, 0.15) is 44.1 Å². The predicted octanol–water partition coefficient (Wildman–Crippen LogP) is 3.13. The highest BCUT2D eigenvalue weighted by Gasteiger charge is 2.38. The van der Waals surface area contributed by atoms with Crippen LogP contribution in [0.2, 0.25) is 0 Å². The summed E-state index contributed by atoms with van der Waals surface area (Å²) >= 11 is 0. The van der Waals surface area contributed by atoms with E-state index in [2.05, 4.69) is 43.9 Å². The Bertz CT molecular complexity index is 1330. The predicted molar refractivity (Wildman–Crippen MR) is 126 cm³/mol. The number of H-pyrrole nitrogens is 1. The monoisotopic (exact) mass is 452 g/mol. The lowest BCUT2D eigenvalue weighted by Crippen LogP contribution is -2.49. The fourth-order valence-corrected chi connectivity index (χ4v) is 6.44. The van der Waals surface area contributed by atoms with Gasteiger partial charge in [-0.2, -0.15) is 4.31 Å². The smallest absolute Gasteiger partial charge is 0.211 e. The van der Waals surface area contributed by atoms with E-state index in [-0.39, 0.29) is 6.04 Å². The van der Waals surface area contributed by atoms with Gasteiger partial charge in [-0.3, -0.25) is 0 Å². The molecule has 0 spiro atoms. The van der Waals surface area contributed by atoms with Gasteiger partial charge in [0.15, 0.2) is 0 Å². The lowest BCUT2D eigenvalue weighted by molar-refractivity contribution is 0.243. The number of aromatic amines is 1. The van der Waals surface area contributed by atoms with Gasteiger partial charge in [0.1, 0.15) is 12.0 Å². The van der Waals surface area contributed by atoms with Crippen LogP contribution in [0.5, 0.6) is 0 Å². The van der Waals surface area contributed by atoms with E-state index in [1.807, 2.05) is 32.3 Å². The number of pyridine rings is 1. The summed E-state index contributed by atoms with van der Waals surface area (Å²) in [5.74, 6) is 0. The van der Waals surface area contributed by atoms with Gasteiger partial charge < -0.3 is 9.88 Å². The second-order valence-corrected chi connectivity index (χ2v) is 11.3. The molecule has 168 valence electrons. The molecule has 0 amide bonds. The molecule has 3 aromatic rings. The Morgan fingerprint density at radius 2 is 2.00 bits per heavy atom. The largest absolute Gasteiger partial charge is 0.363 e. The van der Waals surface area contributed by atoms with E-state index >= 15 is 0 Å². The molecule has 0 saturated heterocycles. The van der Waals surface area contributed by atoms with Crippen molar-refractivity contribution in [2.75, 3.05) is 17.7 Å². The maximum atomic E-state index is 12.3. The first-order valence-electron chi connectivity index (χ1n) is 10.8. The number of rotatable bonds is 3. The molecule has 0 aromatic carbocycles. The standard InChI is InChI=1S/C23H28N6O2S/c1-15-11-19-18(13-28(15)20-6-9-25-22-17(20)5-8-24-22)21(27-14-26-19)16-7-10-29(32(4,30)31)23(2,3)12-16/h5-9,14-15H,10-13H2,1-4H3,(H,24,25). The molecule has 2 aliphatic heterocycles. The summed E-state index contributed by atoms with van der Waals surface area (Å²) in [6.45, 7) is 7.22. The number of hydrogen-bond acceptors (Lipinski definition) is 6. The molecule has 2 aliphatic rings. The van der Waals surface area contributed by atoms with Crippen LogP contribution in [-0.4, -0.2) is 57.0 Å². The number of nitrogens with one attached hydrogen (secondary N) is 1. The molecule has 0 fully saturated rings.